The zero-order valence-corrected chi connectivity index (χ0v) is 12.2. The highest BCUT2D eigenvalue weighted by Gasteiger charge is 2.31. The molecule has 2 rings (SSSR count). The van der Waals surface area contributed by atoms with Crippen LogP contribution in [-0.2, 0) is 4.79 Å². The quantitative estimate of drug-likeness (QED) is 0.875. The van der Waals surface area contributed by atoms with E-state index in [1.54, 1.807) is 11.4 Å². The van der Waals surface area contributed by atoms with Gasteiger partial charge in [-0.2, -0.15) is 0 Å². The van der Waals surface area contributed by atoms with Gasteiger partial charge in [0.15, 0.2) is 0 Å². The molecule has 1 atom stereocenters. The van der Waals surface area contributed by atoms with Gasteiger partial charge in [-0.05, 0) is 18.8 Å². The summed E-state index contributed by atoms with van der Waals surface area (Å²) in [4.78, 5) is 24.0. The van der Waals surface area contributed by atoms with E-state index in [-0.39, 0.29) is 11.8 Å². The smallest absolute Gasteiger partial charge is 0.326 e. The number of hydrogen-bond donors (Lipinski definition) is 2. The average molecular weight is 297 g/mol. The van der Waals surface area contributed by atoms with Crippen LogP contribution in [0.3, 0.4) is 0 Å². The highest BCUT2D eigenvalue weighted by atomic mass is 32.1. The fourth-order valence-electron chi connectivity index (χ4n) is 2.61. The first-order valence-electron chi connectivity index (χ1n) is 6.78. The van der Waals surface area contributed by atoms with Gasteiger partial charge in [0.2, 0.25) is 0 Å². The van der Waals surface area contributed by atoms with Crippen LogP contribution in [0.1, 0.15) is 41.8 Å². The van der Waals surface area contributed by atoms with Crippen molar-refractivity contribution in [2.24, 2.45) is 5.92 Å². The molecule has 6 heteroatoms. The van der Waals surface area contributed by atoms with Crippen molar-refractivity contribution < 1.29 is 19.4 Å². The molecule has 0 spiro atoms. The van der Waals surface area contributed by atoms with Gasteiger partial charge in [-0.25, -0.2) is 4.79 Å². The van der Waals surface area contributed by atoms with Crippen molar-refractivity contribution in [3.8, 4) is 5.75 Å². The topological polar surface area (TPSA) is 75.6 Å². The van der Waals surface area contributed by atoms with Crippen molar-refractivity contribution in [2.75, 3.05) is 7.11 Å². The summed E-state index contributed by atoms with van der Waals surface area (Å²) in [6, 6.07) is 0.829. The van der Waals surface area contributed by atoms with Crippen LogP contribution in [0.2, 0.25) is 0 Å². The van der Waals surface area contributed by atoms with Gasteiger partial charge in [-0.1, -0.05) is 19.3 Å². The van der Waals surface area contributed by atoms with Crippen LogP contribution in [0.25, 0.3) is 0 Å². The number of rotatable bonds is 5. The zero-order valence-electron chi connectivity index (χ0n) is 11.4. The Bertz CT molecular complexity index is 479. The van der Waals surface area contributed by atoms with Crippen molar-refractivity contribution in [3.05, 3.63) is 16.3 Å². The molecule has 2 N–H and O–H groups in total. The molecule has 20 heavy (non-hydrogen) atoms. The normalized spacial score (nSPS) is 17.4. The van der Waals surface area contributed by atoms with E-state index in [9.17, 15) is 14.7 Å². The number of hydrogen-bond acceptors (Lipinski definition) is 4. The third-order valence-electron chi connectivity index (χ3n) is 3.71. The molecule has 1 aromatic rings. The van der Waals surface area contributed by atoms with Gasteiger partial charge in [-0.15, -0.1) is 11.3 Å². The number of thiophene rings is 1. The van der Waals surface area contributed by atoms with Crippen LogP contribution in [-0.4, -0.2) is 30.1 Å². The maximum absolute atomic E-state index is 12.1. The maximum atomic E-state index is 12.1. The number of amides is 1. The molecule has 0 radical (unpaired) electrons. The van der Waals surface area contributed by atoms with Crippen molar-refractivity contribution in [1.29, 1.82) is 0 Å². The third-order valence-corrected chi connectivity index (χ3v) is 4.62. The first kappa shape index (κ1) is 14.8. The fourth-order valence-corrected chi connectivity index (χ4v) is 3.36. The largest absolute Gasteiger partial charge is 0.496 e. The number of carbonyl (C=O) groups excluding carboxylic acids is 1. The minimum atomic E-state index is -0.950. The molecule has 0 bridgehead atoms. The second-order valence-corrected chi connectivity index (χ2v) is 5.95. The van der Waals surface area contributed by atoms with Gasteiger partial charge in [0, 0.05) is 11.4 Å². The van der Waals surface area contributed by atoms with E-state index in [0.717, 1.165) is 32.1 Å². The summed E-state index contributed by atoms with van der Waals surface area (Å²) in [5.41, 5.74) is 0. The van der Waals surface area contributed by atoms with E-state index < -0.39 is 12.0 Å². The summed E-state index contributed by atoms with van der Waals surface area (Å²) in [6.07, 6.45) is 4.96. The molecule has 5 nitrogen and oxygen atoms in total. The van der Waals surface area contributed by atoms with Gasteiger partial charge in [0.25, 0.3) is 5.91 Å². The first-order chi connectivity index (χ1) is 9.61. The lowest BCUT2D eigenvalue weighted by atomic mass is 9.84. The van der Waals surface area contributed by atoms with Crippen molar-refractivity contribution in [1.82, 2.24) is 5.32 Å². The number of carbonyl (C=O) groups is 2. The average Bonchev–Trinajstić information content (AvgIpc) is 2.94. The molecule has 1 amide bonds. The van der Waals surface area contributed by atoms with E-state index >= 15 is 0 Å². The molecule has 1 heterocycles. The van der Waals surface area contributed by atoms with Gasteiger partial charge in [-0.3, -0.25) is 4.79 Å². The van der Waals surface area contributed by atoms with Crippen molar-refractivity contribution in [2.45, 2.75) is 38.1 Å². The van der Waals surface area contributed by atoms with E-state index in [1.165, 1.54) is 18.4 Å². The van der Waals surface area contributed by atoms with E-state index in [2.05, 4.69) is 5.32 Å². The Morgan fingerprint density at radius 2 is 2.10 bits per heavy atom. The molecule has 1 aliphatic rings. The second kappa shape index (κ2) is 6.74. The Hall–Kier alpha value is -1.56. The Morgan fingerprint density at radius 3 is 2.65 bits per heavy atom. The highest BCUT2D eigenvalue weighted by Crippen LogP contribution is 2.27. The Labute approximate surface area is 121 Å². The summed E-state index contributed by atoms with van der Waals surface area (Å²) in [5, 5.41) is 13.7. The van der Waals surface area contributed by atoms with Crippen LogP contribution in [0, 0.1) is 5.92 Å². The molecule has 0 aromatic carbocycles. The summed E-state index contributed by atoms with van der Waals surface area (Å²) in [6.45, 7) is 0. The third kappa shape index (κ3) is 3.50. The molecule has 1 unspecified atom stereocenters. The van der Waals surface area contributed by atoms with Crippen LogP contribution >= 0.6 is 11.3 Å². The number of carboxylic acids is 1. The summed E-state index contributed by atoms with van der Waals surface area (Å²) in [7, 11) is 1.53. The van der Waals surface area contributed by atoms with Crippen LogP contribution in [0.15, 0.2) is 11.4 Å². The lowest BCUT2D eigenvalue weighted by molar-refractivity contribution is -0.141. The monoisotopic (exact) mass is 297 g/mol. The Morgan fingerprint density at radius 1 is 1.40 bits per heavy atom. The molecule has 0 saturated heterocycles. The summed E-state index contributed by atoms with van der Waals surface area (Å²) in [5.74, 6) is -0.637. The van der Waals surface area contributed by atoms with Crippen LogP contribution in [0.4, 0.5) is 0 Å². The standard InChI is InChI=1S/C14H19NO4S/c1-19-10-7-11(20-8-10)13(16)15-12(14(17)18)9-5-3-2-4-6-9/h7-9,12H,2-6H2,1H3,(H,15,16)(H,17,18). The maximum Gasteiger partial charge on any atom is 0.326 e. The van der Waals surface area contributed by atoms with Gasteiger partial charge < -0.3 is 15.2 Å². The Balaban J connectivity index is 2.03. The molecule has 1 aliphatic carbocycles. The Kier molecular flexibility index (Phi) is 5.00. The zero-order chi connectivity index (χ0) is 14.5. The number of nitrogens with one attached hydrogen (secondary N) is 1. The van der Waals surface area contributed by atoms with Crippen molar-refractivity contribution >= 4 is 23.2 Å². The highest BCUT2D eigenvalue weighted by molar-refractivity contribution is 7.12. The van der Waals surface area contributed by atoms with E-state index in [1.807, 2.05) is 0 Å². The number of carboxylic acid groups (broad SMARTS) is 1. The summed E-state index contributed by atoms with van der Waals surface area (Å²) >= 11 is 1.25. The molecular weight excluding hydrogens is 278 g/mol. The fraction of sp³-hybridized carbons (Fsp3) is 0.571. The van der Waals surface area contributed by atoms with Crippen LogP contribution in [0.5, 0.6) is 5.75 Å². The molecule has 0 aliphatic heterocycles. The van der Waals surface area contributed by atoms with Gasteiger partial charge >= 0.3 is 5.97 Å². The minimum absolute atomic E-state index is 0.0343. The lowest BCUT2D eigenvalue weighted by Crippen LogP contribution is -2.46. The SMILES string of the molecule is COc1csc(C(=O)NC(C(=O)O)C2CCCCC2)c1. The molecule has 1 saturated carbocycles. The number of ether oxygens (including phenoxy) is 1. The van der Waals surface area contributed by atoms with Crippen LogP contribution < -0.4 is 10.1 Å². The van der Waals surface area contributed by atoms with Crippen molar-refractivity contribution in [3.63, 3.8) is 0 Å². The predicted molar refractivity (Wildman–Crippen MR) is 76.3 cm³/mol. The van der Waals surface area contributed by atoms with E-state index in [4.69, 9.17) is 4.74 Å². The van der Waals surface area contributed by atoms with Gasteiger partial charge in [0.05, 0.1) is 12.0 Å². The first-order valence-corrected chi connectivity index (χ1v) is 7.66. The predicted octanol–water partition coefficient (Wildman–Crippen LogP) is 2.52. The van der Waals surface area contributed by atoms with Gasteiger partial charge in [0.1, 0.15) is 11.8 Å². The minimum Gasteiger partial charge on any atom is -0.496 e. The molecular formula is C14H19NO4S. The lowest BCUT2D eigenvalue weighted by Gasteiger charge is -2.27. The number of aliphatic carboxylic acids is 1. The molecule has 110 valence electrons. The summed E-state index contributed by atoms with van der Waals surface area (Å²) < 4.78 is 5.03. The second-order valence-electron chi connectivity index (χ2n) is 5.04. The van der Waals surface area contributed by atoms with E-state index in [0.29, 0.717) is 10.6 Å². The number of methoxy groups -OCH3 is 1. The molecule has 1 fully saturated rings. The molecule has 1 aromatic heterocycles.